The van der Waals surface area contributed by atoms with Gasteiger partial charge < -0.3 is 10.6 Å². The molecule has 0 aliphatic carbocycles. The van der Waals surface area contributed by atoms with Crippen LogP contribution in [0, 0.1) is 5.82 Å². The predicted molar refractivity (Wildman–Crippen MR) is 80.3 cm³/mol. The summed E-state index contributed by atoms with van der Waals surface area (Å²) in [6, 6.07) is 6.35. The maximum atomic E-state index is 13.9. The molecular weight excluding hydrogens is 253 g/mol. The number of halogens is 1. The summed E-state index contributed by atoms with van der Waals surface area (Å²) >= 11 is 0. The molecular formula is C16H24FN3. The van der Waals surface area contributed by atoms with Crippen LogP contribution in [0.1, 0.15) is 31.7 Å². The molecule has 2 aliphatic heterocycles. The highest BCUT2D eigenvalue weighted by molar-refractivity contribution is 5.55. The number of hydrogen-bond acceptors (Lipinski definition) is 3. The third kappa shape index (κ3) is 2.42. The van der Waals surface area contributed by atoms with E-state index >= 15 is 0 Å². The van der Waals surface area contributed by atoms with Gasteiger partial charge in [-0.05, 0) is 38.4 Å². The summed E-state index contributed by atoms with van der Waals surface area (Å²) < 4.78 is 13.9. The van der Waals surface area contributed by atoms with E-state index in [2.05, 4.69) is 16.7 Å². The Morgan fingerprint density at radius 3 is 2.95 bits per heavy atom. The van der Waals surface area contributed by atoms with Crippen molar-refractivity contribution in [1.29, 1.82) is 0 Å². The van der Waals surface area contributed by atoms with E-state index in [0.717, 1.165) is 18.8 Å². The number of rotatable bonds is 2. The highest BCUT2D eigenvalue weighted by atomic mass is 19.1. The molecule has 1 aromatic carbocycles. The third-order valence-corrected chi connectivity index (χ3v) is 4.79. The van der Waals surface area contributed by atoms with Crippen LogP contribution in [-0.4, -0.2) is 36.6 Å². The van der Waals surface area contributed by atoms with Crippen LogP contribution >= 0.6 is 0 Å². The maximum Gasteiger partial charge on any atom is 0.129 e. The second kappa shape index (κ2) is 5.70. The molecule has 2 unspecified atom stereocenters. The van der Waals surface area contributed by atoms with Gasteiger partial charge in [-0.25, -0.2) is 4.39 Å². The number of anilines is 1. The molecule has 3 rings (SSSR count). The molecule has 0 bridgehead atoms. The fourth-order valence-corrected chi connectivity index (χ4v) is 3.71. The Morgan fingerprint density at radius 2 is 2.15 bits per heavy atom. The summed E-state index contributed by atoms with van der Waals surface area (Å²) in [5.41, 5.74) is 7.41. The molecule has 1 aromatic rings. The van der Waals surface area contributed by atoms with Gasteiger partial charge in [0, 0.05) is 43.0 Å². The summed E-state index contributed by atoms with van der Waals surface area (Å²) in [7, 11) is 0. The number of nitrogens with zero attached hydrogens (tertiary/aromatic N) is 2. The average molecular weight is 277 g/mol. The minimum Gasteiger partial charge on any atom is -0.366 e. The Labute approximate surface area is 120 Å². The molecule has 0 radical (unpaired) electrons. The zero-order valence-corrected chi connectivity index (χ0v) is 12.2. The number of piperazine rings is 1. The van der Waals surface area contributed by atoms with Gasteiger partial charge in [-0.3, -0.25) is 4.90 Å². The van der Waals surface area contributed by atoms with Gasteiger partial charge in [0.2, 0.25) is 0 Å². The fraction of sp³-hybridized carbons (Fsp3) is 0.625. The second-order valence-electron chi connectivity index (χ2n) is 6.09. The van der Waals surface area contributed by atoms with Gasteiger partial charge in [-0.1, -0.05) is 12.5 Å². The zero-order valence-electron chi connectivity index (χ0n) is 12.2. The van der Waals surface area contributed by atoms with Crippen molar-refractivity contribution in [1.82, 2.24) is 4.90 Å². The van der Waals surface area contributed by atoms with E-state index in [9.17, 15) is 4.39 Å². The zero-order chi connectivity index (χ0) is 14.1. The molecule has 0 spiro atoms. The molecule has 0 amide bonds. The lowest BCUT2D eigenvalue weighted by atomic mass is 9.96. The van der Waals surface area contributed by atoms with Crippen molar-refractivity contribution < 1.29 is 4.39 Å². The fourth-order valence-electron chi connectivity index (χ4n) is 3.71. The first-order valence-electron chi connectivity index (χ1n) is 7.69. The molecule has 2 saturated heterocycles. The Kier molecular flexibility index (Phi) is 3.94. The topological polar surface area (TPSA) is 32.5 Å². The molecule has 2 aliphatic rings. The summed E-state index contributed by atoms with van der Waals surface area (Å²) in [6.45, 7) is 5.79. The number of piperidine rings is 1. The number of fused-ring (bicyclic) bond motifs is 1. The summed E-state index contributed by atoms with van der Waals surface area (Å²) in [5.74, 6) is -0.178. The molecule has 3 nitrogen and oxygen atoms in total. The highest BCUT2D eigenvalue weighted by Gasteiger charge is 2.33. The van der Waals surface area contributed by atoms with E-state index in [-0.39, 0.29) is 12.4 Å². The van der Waals surface area contributed by atoms with E-state index in [1.165, 1.54) is 31.9 Å². The molecule has 2 atom stereocenters. The van der Waals surface area contributed by atoms with Crippen molar-refractivity contribution in [2.24, 2.45) is 5.73 Å². The van der Waals surface area contributed by atoms with Gasteiger partial charge >= 0.3 is 0 Å². The first-order valence-corrected chi connectivity index (χ1v) is 7.69. The molecule has 4 heteroatoms. The van der Waals surface area contributed by atoms with Crippen molar-refractivity contribution in [2.45, 2.75) is 44.8 Å². The summed E-state index contributed by atoms with van der Waals surface area (Å²) in [6.07, 6.45) is 3.89. The Hall–Kier alpha value is -1.13. The van der Waals surface area contributed by atoms with Crippen LogP contribution in [0.25, 0.3) is 0 Å². The van der Waals surface area contributed by atoms with E-state index in [0.29, 0.717) is 17.6 Å². The molecule has 2 heterocycles. The predicted octanol–water partition coefficient (Wildman–Crippen LogP) is 2.35. The third-order valence-electron chi connectivity index (χ3n) is 4.79. The van der Waals surface area contributed by atoms with Gasteiger partial charge in [0.1, 0.15) is 5.82 Å². The van der Waals surface area contributed by atoms with Crippen LogP contribution < -0.4 is 10.6 Å². The van der Waals surface area contributed by atoms with Crippen molar-refractivity contribution in [3.8, 4) is 0 Å². The van der Waals surface area contributed by atoms with Gasteiger partial charge in [0.15, 0.2) is 0 Å². The summed E-state index contributed by atoms with van der Waals surface area (Å²) in [5, 5.41) is 0. The standard InChI is InChI=1S/C16H24FN3/c1-12-10-19-8-3-2-5-13(19)11-20(12)16-7-4-6-15(17)14(16)9-18/h4,6-7,12-13H,2-3,5,8-11,18H2,1H3. The van der Waals surface area contributed by atoms with Gasteiger partial charge in [-0.2, -0.15) is 0 Å². The van der Waals surface area contributed by atoms with E-state index in [1.807, 2.05) is 6.07 Å². The smallest absolute Gasteiger partial charge is 0.129 e. The first kappa shape index (κ1) is 13.8. The molecule has 2 N–H and O–H groups in total. The summed E-state index contributed by atoms with van der Waals surface area (Å²) in [4.78, 5) is 4.96. The van der Waals surface area contributed by atoms with Crippen LogP contribution in [0.2, 0.25) is 0 Å². The van der Waals surface area contributed by atoms with Crippen LogP contribution in [0.4, 0.5) is 10.1 Å². The van der Waals surface area contributed by atoms with Crippen LogP contribution in [0.3, 0.4) is 0 Å². The lowest BCUT2D eigenvalue weighted by molar-refractivity contribution is 0.115. The van der Waals surface area contributed by atoms with E-state index in [4.69, 9.17) is 5.73 Å². The molecule has 110 valence electrons. The number of nitrogens with two attached hydrogens (primary N) is 1. The van der Waals surface area contributed by atoms with E-state index < -0.39 is 0 Å². The molecule has 0 saturated carbocycles. The minimum absolute atomic E-state index is 0.178. The van der Waals surface area contributed by atoms with Gasteiger partial charge in [-0.15, -0.1) is 0 Å². The molecule has 2 fully saturated rings. The second-order valence-corrected chi connectivity index (χ2v) is 6.09. The van der Waals surface area contributed by atoms with Crippen molar-refractivity contribution in [3.63, 3.8) is 0 Å². The maximum absolute atomic E-state index is 13.9. The molecule has 20 heavy (non-hydrogen) atoms. The quantitative estimate of drug-likeness (QED) is 0.900. The van der Waals surface area contributed by atoms with Crippen LogP contribution in [0.5, 0.6) is 0 Å². The highest BCUT2D eigenvalue weighted by Crippen LogP contribution is 2.31. The molecule has 0 aromatic heterocycles. The van der Waals surface area contributed by atoms with Gasteiger partial charge in [0.05, 0.1) is 0 Å². The van der Waals surface area contributed by atoms with E-state index in [1.54, 1.807) is 6.07 Å². The Bertz CT molecular complexity index is 477. The minimum atomic E-state index is -0.178. The number of benzene rings is 1. The van der Waals surface area contributed by atoms with Crippen LogP contribution in [-0.2, 0) is 6.54 Å². The lowest BCUT2D eigenvalue weighted by Crippen LogP contribution is -2.59. The Balaban J connectivity index is 1.88. The monoisotopic (exact) mass is 277 g/mol. The largest absolute Gasteiger partial charge is 0.366 e. The normalized spacial score (nSPS) is 27.4. The SMILES string of the molecule is CC1CN2CCCCC2CN1c1cccc(F)c1CN. The van der Waals surface area contributed by atoms with Gasteiger partial charge in [0.25, 0.3) is 0 Å². The van der Waals surface area contributed by atoms with Crippen LogP contribution in [0.15, 0.2) is 18.2 Å². The Morgan fingerprint density at radius 1 is 1.30 bits per heavy atom. The first-order chi connectivity index (χ1) is 9.70. The van der Waals surface area contributed by atoms with Crippen molar-refractivity contribution >= 4 is 5.69 Å². The lowest BCUT2D eigenvalue weighted by Gasteiger charge is -2.48. The van der Waals surface area contributed by atoms with Crippen molar-refractivity contribution in [3.05, 3.63) is 29.6 Å². The number of hydrogen-bond donors (Lipinski definition) is 1. The van der Waals surface area contributed by atoms with Crippen molar-refractivity contribution in [2.75, 3.05) is 24.5 Å². The average Bonchev–Trinajstić information content (AvgIpc) is 2.46.